The van der Waals surface area contributed by atoms with Crippen LogP contribution in [0.1, 0.15) is 59.9 Å². The van der Waals surface area contributed by atoms with Crippen LogP contribution >= 0.6 is 0 Å². The molecule has 0 aliphatic carbocycles. The third kappa shape index (κ3) is 5.67. The Hall–Kier alpha value is -3.33. The molecule has 0 bridgehead atoms. The van der Waals surface area contributed by atoms with Gasteiger partial charge in [-0.1, -0.05) is 53.7 Å². The van der Waals surface area contributed by atoms with E-state index in [1.165, 1.54) is 0 Å². The van der Waals surface area contributed by atoms with Crippen molar-refractivity contribution in [2.45, 2.75) is 54.4 Å². The van der Waals surface area contributed by atoms with Crippen molar-refractivity contribution in [2.24, 2.45) is 22.1 Å². The molecule has 1 atom stereocenters. The Balaban J connectivity index is 0.000000837. The number of imidazole rings is 1. The zero-order chi connectivity index (χ0) is 24.1. The summed E-state index contributed by atoms with van der Waals surface area (Å²) in [6.07, 6.45) is 5.37. The zero-order valence-electron chi connectivity index (χ0n) is 20.5. The minimum absolute atomic E-state index is 0.150. The molecule has 1 aliphatic rings. The van der Waals surface area contributed by atoms with Gasteiger partial charge in [-0.15, -0.1) is 0 Å². The van der Waals surface area contributed by atoms with E-state index >= 15 is 0 Å². The van der Waals surface area contributed by atoms with Crippen LogP contribution in [0, 0.1) is 22.7 Å². The van der Waals surface area contributed by atoms with E-state index in [1.54, 1.807) is 19.6 Å². The minimum Gasteiger partial charge on any atom is -0.445 e. The second kappa shape index (κ2) is 10.3. The van der Waals surface area contributed by atoms with Gasteiger partial charge in [0, 0.05) is 41.8 Å². The standard InChI is InChI=1S/C22H25N5O.C4H10/c1-14-18(20(25-5)22(2,3)4)19(17(12-23)21(24)28-14)15-6-8-16(9-7-15)27-11-10-26-13-27;1-4(2)3/h6-11,13,19H,24H2,1-5H3;4H,1-3H3. The third-order valence-corrected chi connectivity index (χ3v) is 4.82. The summed E-state index contributed by atoms with van der Waals surface area (Å²) in [5.74, 6) is 1.33. The molecule has 2 N–H and O–H groups in total. The Labute approximate surface area is 192 Å². The lowest BCUT2D eigenvalue weighted by Gasteiger charge is -2.33. The lowest BCUT2D eigenvalue weighted by molar-refractivity contribution is 0.283. The summed E-state index contributed by atoms with van der Waals surface area (Å²) in [4.78, 5) is 8.64. The zero-order valence-corrected chi connectivity index (χ0v) is 20.5. The van der Waals surface area contributed by atoms with Gasteiger partial charge in [0.25, 0.3) is 0 Å². The van der Waals surface area contributed by atoms with Gasteiger partial charge in [0.15, 0.2) is 0 Å². The molecule has 1 unspecified atom stereocenters. The number of allylic oxidation sites excluding steroid dienone is 3. The van der Waals surface area contributed by atoms with Crippen LogP contribution in [0.5, 0.6) is 0 Å². The average Bonchev–Trinajstić information content (AvgIpc) is 3.23. The van der Waals surface area contributed by atoms with E-state index in [9.17, 15) is 5.26 Å². The molecule has 32 heavy (non-hydrogen) atoms. The molecule has 6 nitrogen and oxygen atoms in total. The summed E-state index contributed by atoms with van der Waals surface area (Å²) in [7, 11) is 1.77. The molecule has 0 fully saturated rings. The van der Waals surface area contributed by atoms with Gasteiger partial charge in [0.2, 0.25) is 5.88 Å². The van der Waals surface area contributed by atoms with Crippen molar-refractivity contribution < 1.29 is 4.74 Å². The highest BCUT2D eigenvalue weighted by Crippen LogP contribution is 2.42. The molecule has 2 aromatic rings. The van der Waals surface area contributed by atoms with Crippen LogP contribution in [-0.4, -0.2) is 22.3 Å². The average molecular weight is 434 g/mol. The number of nitriles is 1. The molecule has 0 saturated heterocycles. The summed E-state index contributed by atoms with van der Waals surface area (Å²) in [5, 5.41) is 9.82. The highest BCUT2D eigenvalue weighted by molar-refractivity contribution is 6.06. The van der Waals surface area contributed by atoms with Crippen molar-refractivity contribution in [3.8, 4) is 11.8 Å². The lowest BCUT2D eigenvalue weighted by Crippen LogP contribution is -2.31. The van der Waals surface area contributed by atoms with E-state index in [1.807, 2.05) is 42.0 Å². The van der Waals surface area contributed by atoms with Gasteiger partial charge < -0.3 is 15.0 Å². The first-order valence-corrected chi connectivity index (χ1v) is 10.9. The Morgan fingerprint density at radius 3 is 2.25 bits per heavy atom. The van der Waals surface area contributed by atoms with Crippen LogP contribution in [0.25, 0.3) is 5.69 Å². The Bertz CT molecular complexity index is 1040. The maximum absolute atomic E-state index is 9.82. The van der Waals surface area contributed by atoms with Gasteiger partial charge in [-0.3, -0.25) is 4.99 Å². The van der Waals surface area contributed by atoms with Crippen molar-refractivity contribution in [2.75, 3.05) is 7.05 Å². The number of nitrogens with zero attached hydrogens (tertiary/aromatic N) is 4. The molecule has 170 valence electrons. The number of aliphatic imine (C=N–C) groups is 1. The Morgan fingerprint density at radius 1 is 1.22 bits per heavy atom. The van der Waals surface area contributed by atoms with Crippen LogP contribution in [0.3, 0.4) is 0 Å². The van der Waals surface area contributed by atoms with E-state index in [0.717, 1.165) is 28.5 Å². The van der Waals surface area contributed by atoms with Crippen molar-refractivity contribution >= 4 is 5.71 Å². The third-order valence-electron chi connectivity index (χ3n) is 4.82. The fraction of sp³-hybridized carbons (Fsp3) is 0.423. The second-order valence-corrected chi connectivity index (χ2v) is 9.51. The molecule has 0 radical (unpaired) electrons. The number of hydrogen-bond acceptors (Lipinski definition) is 5. The van der Waals surface area contributed by atoms with Crippen LogP contribution in [0.2, 0.25) is 0 Å². The van der Waals surface area contributed by atoms with Crippen molar-refractivity contribution in [1.29, 1.82) is 5.26 Å². The van der Waals surface area contributed by atoms with Gasteiger partial charge in [-0.05, 0) is 30.5 Å². The molecule has 2 heterocycles. The van der Waals surface area contributed by atoms with Gasteiger partial charge in [0.05, 0.1) is 12.2 Å². The largest absolute Gasteiger partial charge is 0.445 e. The van der Waals surface area contributed by atoms with E-state index in [-0.39, 0.29) is 17.2 Å². The maximum Gasteiger partial charge on any atom is 0.205 e. The molecule has 0 saturated carbocycles. The smallest absolute Gasteiger partial charge is 0.205 e. The molecule has 6 heteroatoms. The Morgan fingerprint density at radius 2 is 1.81 bits per heavy atom. The first kappa shape index (κ1) is 24.9. The second-order valence-electron chi connectivity index (χ2n) is 9.51. The van der Waals surface area contributed by atoms with Gasteiger partial charge >= 0.3 is 0 Å². The molecular weight excluding hydrogens is 398 g/mol. The number of rotatable bonds is 3. The quantitative estimate of drug-likeness (QED) is 0.626. The molecule has 1 aliphatic heterocycles. The molecule has 3 rings (SSSR count). The van der Waals surface area contributed by atoms with Crippen LogP contribution in [-0.2, 0) is 4.74 Å². The highest BCUT2D eigenvalue weighted by Gasteiger charge is 2.37. The topological polar surface area (TPSA) is 89.2 Å². The minimum atomic E-state index is -0.325. The van der Waals surface area contributed by atoms with Gasteiger partial charge in [-0.2, -0.15) is 5.26 Å². The number of benzene rings is 1. The SMILES string of the molecule is CC(C)C.CN=C(C1=C(C)OC(N)=C(C#N)C1c1ccc(-n2ccnc2)cc1)C(C)(C)C. The molecule has 0 spiro atoms. The van der Waals surface area contributed by atoms with Gasteiger partial charge in [-0.25, -0.2) is 4.98 Å². The highest BCUT2D eigenvalue weighted by atomic mass is 16.5. The number of ether oxygens (including phenoxy) is 1. The fourth-order valence-electron chi connectivity index (χ4n) is 3.63. The van der Waals surface area contributed by atoms with Crippen molar-refractivity contribution in [3.63, 3.8) is 0 Å². The monoisotopic (exact) mass is 433 g/mol. The predicted octanol–water partition coefficient (Wildman–Crippen LogP) is 5.73. The van der Waals surface area contributed by atoms with Gasteiger partial charge in [0.1, 0.15) is 17.4 Å². The first-order valence-electron chi connectivity index (χ1n) is 10.9. The molecule has 1 aromatic carbocycles. The maximum atomic E-state index is 9.82. The van der Waals surface area contributed by atoms with E-state index in [0.29, 0.717) is 11.3 Å². The van der Waals surface area contributed by atoms with E-state index < -0.39 is 0 Å². The molecule has 0 amide bonds. The number of hydrogen-bond donors (Lipinski definition) is 1. The normalized spacial score (nSPS) is 17.0. The van der Waals surface area contributed by atoms with Crippen LogP contribution in [0.4, 0.5) is 0 Å². The number of aromatic nitrogens is 2. The fourth-order valence-corrected chi connectivity index (χ4v) is 3.63. The first-order chi connectivity index (χ1) is 15.0. The van der Waals surface area contributed by atoms with Crippen LogP contribution in [0.15, 0.2) is 70.8 Å². The lowest BCUT2D eigenvalue weighted by atomic mass is 9.74. The van der Waals surface area contributed by atoms with Crippen molar-refractivity contribution in [1.82, 2.24) is 9.55 Å². The molecular formula is C26H35N5O. The van der Waals surface area contributed by atoms with E-state index in [2.05, 4.69) is 57.6 Å². The van der Waals surface area contributed by atoms with E-state index in [4.69, 9.17) is 10.5 Å². The molecule has 1 aromatic heterocycles. The summed E-state index contributed by atoms with van der Waals surface area (Å²) in [5.41, 5.74) is 10.0. The summed E-state index contributed by atoms with van der Waals surface area (Å²) >= 11 is 0. The Kier molecular flexibility index (Phi) is 8.04. The summed E-state index contributed by atoms with van der Waals surface area (Å²) < 4.78 is 7.67. The predicted molar refractivity (Wildman–Crippen MR) is 130 cm³/mol. The van der Waals surface area contributed by atoms with Crippen LogP contribution < -0.4 is 5.73 Å². The van der Waals surface area contributed by atoms with Crippen molar-refractivity contribution in [3.05, 3.63) is 71.3 Å². The summed E-state index contributed by atoms with van der Waals surface area (Å²) in [6.45, 7) is 14.7. The summed E-state index contributed by atoms with van der Waals surface area (Å²) in [6, 6.07) is 10.3. The number of nitrogens with two attached hydrogens (primary N) is 1.